The van der Waals surface area contributed by atoms with Crippen LogP contribution in [0.15, 0.2) is 65.2 Å². The number of hydrogen-bond donors (Lipinski definition) is 2. The summed E-state index contributed by atoms with van der Waals surface area (Å²) in [4.78, 5) is 15.0. The number of aromatic amines is 1. The standard InChI is InChI=1S/C22H23N5O/c1-2-6-16(7-3-1)21-23-14-18(24-21)15-27-12-10-17(11-13-27)25-22-26-19-8-4-5-9-20(19)28-22/h1-9,14,17H,10-13,15H2,(H,23,24)(H,25,26). The number of nitrogens with one attached hydrogen (secondary N) is 2. The Hall–Kier alpha value is -3.12. The predicted octanol–water partition coefficient (Wildman–Crippen LogP) is 4.29. The molecule has 0 spiro atoms. The number of rotatable bonds is 5. The quantitative estimate of drug-likeness (QED) is 0.546. The molecule has 1 aliphatic rings. The first-order valence-corrected chi connectivity index (χ1v) is 9.77. The second-order valence-corrected chi connectivity index (χ2v) is 7.30. The summed E-state index contributed by atoms with van der Waals surface area (Å²) in [5, 5.41) is 3.46. The van der Waals surface area contributed by atoms with Crippen molar-refractivity contribution in [3.05, 3.63) is 66.5 Å². The molecule has 2 aromatic carbocycles. The van der Waals surface area contributed by atoms with E-state index in [0.717, 1.165) is 60.7 Å². The van der Waals surface area contributed by atoms with Gasteiger partial charge in [0, 0.05) is 43.1 Å². The van der Waals surface area contributed by atoms with Crippen molar-refractivity contribution in [3.63, 3.8) is 0 Å². The molecule has 0 saturated carbocycles. The van der Waals surface area contributed by atoms with Crippen molar-refractivity contribution in [1.29, 1.82) is 0 Å². The van der Waals surface area contributed by atoms with E-state index in [-0.39, 0.29) is 0 Å². The summed E-state index contributed by atoms with van der Waals surface area (Å²) in [6.07, 6.45) is 4.09. The Balaban J connectivity index is 1.16. The van der Waals surface area contributed by atoms with Gasteiger partial charge in [0.15, 0.2) is 5.58 Å². The molecule has 6 nitrogen and oxygen atoms in total. The highest BCUT2D eigenvalue weighted by molar-refractivity contribution is 5.74. The normalized spacial score (nSPS) is 15.9. The Morgan fingerprint density at radius 2 is 1.82 bits per heavy atom. The minimum Gasteiger partial charge on any atom is -0.424 e. The van der Waals surface area contributed by atoms with Crippen molar-refractivity contribution < 1.29 is 4.42 Å². The number of H-pyrrole nitrogens is 1. The van der Waals surface area contributed by atoms with Crippen LogP contribution in [-0.2, 0) is 6.54 Å². The van der Waals surface area contributed by atoms with Gasteiger partial charge in [0.2, 0.25) is 0 Å². The molecule has 0 amide bonds. The SMILES string of the molecule is c1ccc(-c2ncc(CN3CCC(Nc4nc5ccccc5o4)CC3)[nH]2)cc1. The summed E-state index contributed by atoms with van der Waals surface area (Å²) in [7, 11) is 0. The average Bonchev–Trinajstić information content (AvgIpc) is 3.36. The minimum atomic E-state index is 0.394. The van der Waals surface area contributed by atoms with Crippen molar-refractivity contribution in [1.82, 2.24) is 19.9 Å². The number of benzene rings is 2. The summed E-state index contributed by atoms with van der Waals surface area (Å²) < 4.78 is 5.79. The maximum Gasteiger partial charge on any atom is 0.295 e. The largest absolute Gasteiger partial charge is 0.424 e. The van der Waals surface area contributed by atoms with Crippen LogP contribution in [0.4, 0.5) is 6.01 Å². The molecule has 0 bridgehead atoms. The number of likely N-dealkylation sites (tertiary alicyclic amines) is 1. The Labute approximate surface area is 163 Å². The molecule has 2 aromatic heterocycles. The highest BCUT2D eigenvalue weighted by Gasteiger charge is 2.21. The summed E-state index contributed by atoms with van der Waals surface area (Å²) in [5.41, 5.74) is 4.01. The molecule has 1 fully saturated rings. The van der Waals surface area contributed by atoms with Gasteiger partial charge in [-0.3, -0.25) is 4.90 Å². The van der Waals surface area contributed by atoms with Gasteiger partial charge in [-0.15, -0.1) is 0 Å². The van der Waals surface area contributed by atoms with Crippen LogP contribution in [0.25, 0.3) is 22.5 Å². The summed E-state index contributed by atoms with van der Waals surface area (Å²) >= 11 is 0. The van der Waals surface area contributed by atoms with Crippen LogP contribution < -0.4 is 5.32 Å². The fourth-order valence-corrected chi connectivity index (χ4v) is 3.77. The van der Waals surface area contributed by atoms with Crippen LogP contribution in [-0.4, -0.2) is 39.0 Å². The fourth-order valence-electron chi connectivity index (χ4n) is 3.77. The first kappa shape index (κ1) is 17.0. The van der Waals surface area contributed by atoms with Crippen molar-refractivity contribution in [2.75, 3.05) is 18.4 Å². The number of oxazole rings is 1. The molecule has 0 aliphatic carbocycles. The van der Waals surface area contributed by atoms with Crippen molar-refractivity contribution in [3.8, 4) is 11.4 Å². The van der Waals surface area contributed by atoms with Gasteiger partial charge in [0.1, 0.15) is 11.3 Å². The maximum absolute atomic E-state index is 5.79. The van der Waals surface area contributed by atoms with E-state index < -0.39 is 0 Å². The summed E-state index contributed by atoms with van der Waals surface area (Å²) in [6, 6.07) is 19.1. The van der Waals surface area contributed by atoms with Gasteiger partial charge in [0.05, 0.1) is 0 Å². The number of aromatic nitrogens is 3. The molecule has 2 N–H and O–H groups in total. The Morgan fingerprint density at radius 3 is 2.64 bits per heavy atom. The third-order valence-electron chi connectivity index (χ3n) is 5.28. The first-order chi connectivity index (χ1) is 13.8. The van der Waals surface area contributed by atoms with Gasteiger partial charge in [0.25, 0.3) is 6.01 Å². The Kier molecular flexibility index (Phi) is 4.54. The third kappa shape index (κ3) is 3.64. The zero-order valence-corrected chi connectivity index (χ0v) is 15.6. The van der Waals surface area contributed by atoms with Gasteiger partial charge in [-0.1, -0.05) is 42.5 Å². The molecule has 0 unspecified atom stereocenters. The van der Waals surface area contributed by atoms with E-state index in [9.17, 15) is 0 Å². The van der Waals surface area contributed by atoms with E-state index in [1.807, 2.05) is 48.7 Å². The minimum absolute atomic E-state index is 0.394. The van der Waals surface area contributed by atoms with Crippen LogP contribution in [0.2, 0.25) is 0 Å². The monoisotopic (exact) mass is 373 g/mol. The van der Waals surface area contributed by atoms with Gasteiger partial charge in [-0.05, 0) is 25.0 Å². The van der Waals surface area contributed by atoms with E-state index >= 15 is 0 Å². The number of fused-ring (bicyclic) bond motifs is 1. The molecule has 142 valence electrons. The van der Waals surface area contributed by atoms with E-state index in [0.29, 0.717) is 12.1 Å². The molecule has 0 radical (unpaired) electrons. The van der Waals surface area contributed by atoms with E-state index in [1.54, 1.807) is 0 Å². The van der Waals surface area contributed by atoms with Crippen LogP contribution in [0.5, 0.6) is 0 Å². The van der Waals surface area contributed by atoms with Gasteiger partial charge >= 0.3 is 0 Å². The number of para-hydroxylation sites is 2. The van der Waals surface area contributed by atoms with E-state index in [4.69, 9.17) is 4.42 Å². The second-order valence-electron chi connectivity index (χ2n) is 7.30. The average molecular weight is 373 g/mol. The third-order valence-corrected chi connectivity index (χ3v) is 5.28. The second kappa shape index (κ2) is 7.48. The van der Waals surface area contributed by atoms with Gasteiger partial charge < -0.3 is 14.7 Å². The lowest BCUT2D eigenvalue weighted by molar-refractivity contribution is 0.208. The Morgan fingerprint density at radius 1 is 1.04 bits per heavy atom. The summed E-state index contributed by atoms with van der Waals surface area (Å²) in [5.74, 6) is 0.933. The number of hydrogen-bond acceptors (Lipinski definition) is 5. The zero-order valence-electron chi connectivity index (χ0n) is 15.6. The highest BCUT2D eigenvalue weighted by Crippen LogP contribution is 2.22. The van der Waals surface area contributed by atoms with Crippen LogP contribution in [0, 0.1) is 0 Å². The molecule has 6 heteroatoms. The van der Waals surface area contributed by atoms with Crippen molar-refractivity contribution >= 4 is 17.1 Å². The van der Waals surface area contributed by atoms with E-state index in [1.165, 1.54) is 0 Å². The molecule has 0 atom stereocenters. The number of nitrogens with zero attached hydrogens (tertiary/aromatic N) is 3. The highest BCUT2D eigenvalue weighted by atomic mass is 16.4. The lowest BCUT2D eigenvalue weighted by Crippen LogP contribution is -2.38. The molecular formula is C22H23N5O. The zero-order chi connectivity index (χ0) is 18.8. The molecule has 1 saturated heterocycles. The fraction of sp³-hybridized carbons (Fsp3) is 0.273. The lowest BCUT2D eigenvalue weighted by Gasteiger charge is -2.31. The topological polar surface area (TPSA) is 70.0 Å². The smallest absolute Gasteiger partial charge is 0.295 e. The molecule has 5 rings (SSSR count). The van der Waals surface area contributed by atoms with Crippen LogP contribution in [0.3, 0.4) is 0 Å². The number of piperidine rings is 1. The summed E-state index contributed by atoms with van der Waals surface area (Å²) in [6.45, 7) is 2.98. The molecule has 3 heterocycles. The van der Waals surface area contributed by atoms with Crippen LogP contribution >= 0.6 is 0 Å². The number of anilines is 1. The number of imidazole rings is 1. The van der Waals surface area contributed by atoms with Crippen LogP contribution in [0.1, 0.15) is 18.5 Å². The molecular weight excluding hydrogens is 350 g/mol. The van der Waals surface area contributed by atoms with E-state index in [2.05, 4.69) is 37.3 Å². The molecule has 28 heavy (non-hydrogen) atoms. The Bertz CT molecular complexity index is 1010. The lowest BCUT2D eigenvalue weighted by atomic mass is 10.1. The first-order valence-electron chi connectivity index (χ1n) is 9.77. The molecule has 4 aromatic rings. The molecule has 1 aliphatic heterocycles. The predicted molar refractivity (Wildman–Crippen MR) is 110 cm³/mol. The van der Waals surface area contributed by atoms with Crippen molar-refractivity contribution in [2.45, 2.75) is 25.4 Å². The van der Waals surface area contributed by atoms with Crippen molar-refractivity contribution in [2.24, 2.45) is 0 Å². The van der Waals surface area contributed by atoms with Gasteiger partial charge in [-0.2, -0.15) is 4.98 Å². The maximum atomic E-state index is 5.79. The van der Waals surface area contributed by atoms with Gasteiger partial charge in [-0.25, -0.2) is 4.98 Å².